The van der Waals surface area contributed by atoms with E-state index in [2.05, 4.69) is 15.3 Å². The zero-order chi connectivity index (χ0) is 8.53. The molecule has 0 aromatic heterocycles. The molecule has 1 amide bonds. The zero-order valence-corrected chi connectivity index (χ0v) is 7.38. The largest absolute Gasteiger partial charge is 0.355 e. The summed E-state index contributed by atoms with van der Waals surface area (Å²) in [5.74, 6) is -0.189. The Morgan fingerprint density at radius 2 is 2.33 bits per heavy atom. The molecule has 0 atom stereocenters. The van der Waals surface area contributed by atoms with Crippen LogP contribution >= 0.6 is 12.4 Å². The van der Waals surface area contributed by atoms with E-state index >= 15 is 0 Å². The average molecular weight is 194 g/mol. The number of rotatable bonds is 5. The predicted octanol–water partition coefficient (Wildman–Crippen LogP) is 0.183. The first-order valence-electron chi connectivity index (χ1n) is 3.29. The lowest BCUT2D eigenvalue weighted by molar-refractivity contribution is -0.119. The van der Waals surface area contributed by atoms with Gasteiger partial charge in [0.25, 0.3) is 0 Å². The van der Waals surface area contributed by atoms with Crippen molar-refractivity contribution in [2.24, 2.45) is 10.8 Å². The lowest BCUT2D eigenvalue weighted by Crippen LogP contribution is -2.31. The van der Waals surface area contributed by atoms with Crippen LogP contribution in [-0.2, 0) is 4.79 Å². The van der Waals surface area contributed by atoms with Gasteiger partial charge in [-0.1, -0.05) is 5.11 Å². The van der Waals surface area contributed by atoms with Gasteiger partial charge in [-0.15, -0.1) is 12.4 Å². The molecule has 0 aromatic carbocycles. The van der Waals surface area contributed by atoms with E-state index < -0.39 is 0 Å². The van der Waals surface area contributed by atoms with E-state index in [0.717, 1.165) is 0 Å². The Kier molecular flexibility index (Phi) is 11.4. The fraction of sp³-hybridized carbons (Fsp3) is 0.800. The molecule has 0 radical (unpaired) electrons. The average Bonchev–Trinajstić information content (AvgIpc) is 2.04. The van der Waals surface area contributed by atoms with Gasteiger partial charge < -0.3 is 11.1 Å². The van der Waals surface area contributed by atoms with Gasteiger partial charge in [-0.2, -0.15) is 0 Å². The van der Waals surface area contributed by atoms with Crippen molar-refractivity contribution >= 4 is 18.3 Å². The Morgan fingerprint density at radius 1 is 1.67 bits per heavy atom. The van der Waals surface area contributed by atoms with Crippen molar-refractivity contribution < 1.29 is 4.79 Å². The summed E-state index contributed by atoms with van der Waals surface area (Å²) in [6, 6.07) is 0. The Hall–Kier alpha value is -0.970. The molecule has 0 aromatic rings. The van der Waals surface area contributed by atoms with E-state index in [9.17, 15) is 4.79 Å². The van der Waals surface area contributed by atoms with E-state index in [1.165, 1.54) is 0 Å². The van der Waals surface area contributed by atoms with Crippen molar-refractivity contribution in [3.8, 4) is 0 Å². The van der Waals surface area contributed by atoms with Crippen molar-refractivity contribution in [1.82, 2.24) is 5.32 Å². The Balaban J connectivity index is 0. The molecule has 7 heteroatoms. The minimum atomic E-state index is -0.189. The molecule has 6 nitrogen and oxygen atoms in total. The smallest absolute Gasteiger partial charge is 0.233 e. The summed E-state index contributed by atoms with van der Waals surface area (Å²) < 4.78 is 0. The molecule has 12 heavy (non-hydrogen) atoms. The van der Waals surface area contributed by atoms with Gasteiger partial charge in [0.05, 0.1) is 6.54 Å². The summed E-state index contributed by atoms with van der Waals surface area (Å²) in [6.07, 6.45) is 0.649. The van der Waals surface area contributed by atoms with Gasteiger partial charge in [-0.05, 0) is 12.0 Å². The second-order valence-electron chi connectivity index (χ2n) is 1.86. The highest BCUT2D eigenvalue weighted by molar-refractivity contribution is 5.85. The molecular formula is C5H12ClN5O. The summed E-state index contributed by atoms with van der Waals surface area (Å²) in [5.41, 5.74) is 12.9. The van der Waals surface area contributed by atoms with Crippen LogP contribution in [0.15, 0.2) is 5.11 Å². The molecule has 0 aliphatic carbocycles. The number of azide groups is 1. The molecule has 0 spiro atoms. The number of carbonyl (C=O) groups excluding carboxylic acids is 1. The van der Waals surface area contributed by atoms with Gasteiger partial charge in [0, 0.05) is 18.0 Å². The topological polar surface area (TPSA) is 104 Å². The molecule has 70 valence electrons. The number of halogens is 1. The summed E-state index contributed by atoms with van der Waals surface area (Å²) in [4.78, 5) is 13.1. The van der Waals surface area contributed by atoms with Gasteiger partial charge in [0.1, 0.15) is 0 Å². The molecule has 3 N–H and O–H groups in total. The first kappa shape index (κ1) is 13.6. The maximum absolute atomic E-state index is 10.5. The van der Waals surface area contributed by atoms with Gasteiger partial charge in [-0.3, -0.25) is 4.79 Å². The number of nitrogens with two attached hydrogens (primary N) is 1. The second kappa shape index (κ2) is 10.0. The maximum atomic E-state index is 10.5. The standard InChI is InChI=1S/C5H11N5O.ClH/c6-4-5(11)8-2-1-3-9-10-7;/h1-4,6H2,(H,8,11);1H. The fourth-order valence-electron chi connectivity index (χ4n) is 0.494. The van der Waals surface area contributed by atoms with Gasteiger partial charge >= 0.3 is 0 Å². The minimum Gasteiger partial charge on any atom is -0.355 e. The molecule has 0 saturated heterocycles. The molecule has 0 aliphatic heterocycles. The normalized spacial score (nSPS) is 7.75. The quantitative estimate of drug-likeness (QED) is 0.282. The molecule has 0 heterocycles. The van der Waals surface area contributed by atoms with E-state index in [4.69, 9.17) is 11.3 Å². The van der Waals surface area contributed by atoms with Crippen LogP contribution in [0.25, 0.3) is 10.4 Å². The summed E-state index contributed by atoms with van der Waals surface area (Å²) in [7, 11) is 0. The highest BCUT2D eigenvalue weighted by Crippen LogP contribution is 1.78. The van der Waals surface area contributed by atoms with Crippen molar-refractivity contribution in [2.45, 2.75) is 6.42 Å². The Bertz CT molecular complexity index is 167. The van der Waals surface area contributed by atoms with Crippen LogP contribution in [-0.4, -0.2) is 25.5 Å². The van der Waals surface area contributed by atoms with Crippen LogP contribution in [0.2, 0.25) is 0 Å². The predicted molar refractivity (Wildman–Crippen MR) is 47.9 cm³/mol. The molecule has 0 saturated carbocycles. The number of amides is 1. The van der Waals surface area contributed by atoms with Gasteiger partial charge in [-0.25, -0.2) is 0 Å². The molecule has 0 bridgehead atoms. The van der Waals surface area contributed by atoms with E-state index in [-0.39, 0.29) is 24.9 Å². The second-order valence-corrected chi connectivity index (χ2v) is 1.86. The summed E-state index contributed by atoms with van der Waals surface area (Å²) >= 11 is 0. The van der Waals surface area contributed by atoms with Crippen molar-refractivity contribution in [3.05, 3.63) is 10.4 Å². The highest BCUT2D eigenvalue weighted by atomic mass is 35.5. The van der Waals surface area contributed by atoms with Crippen molar-refractivity contribution in [1.29, 1.82) is 0 Å². The fourth-order valence-corrected chi connectivity index (χ4v) is 0.494. The van der Waals surface area contributed by atoms with Crippen molar-refractivity contribution in [3.63, 3.8) is 0 Å². The highest BCUT2D eigenvalue weighted by Gasteiger charge is 1.93. The minimum absolute atomic E-state index is 0. The van der Waals surface area contributed by atoms with Crippen LogP contribution in [0.5, 0.6) is 0 Å². The third-order valence-corrected chi connectivity index (χ3v) is 1.01. The van der Waals surface area contributed by atoms with Crippen LogP contribution in [0.1, 0.15) is 6.42 Å². The number of carbonyl (C=O) groups is 1. The third kappa shape index (κ3) is 9.03. The van der Waals surface area contributed by atoms with Crippen LogP contribution < -0.4 is 11.1 Å². The molecule has 0 unspecified atom stereocenters. The summed E-state index contributed by atoms with van der Waals surface area (Å²) in [5, 5.41) is 5.84. The third-order valence-electron chi connectivity index (χ3n) is 1.01. The number of hydrogen-bond donors (Lipinski definition) is 2. The monoisotopic (exact) mass is 193 g/mol. The number of hydrogen-bond acceptors (Lipinski definition) is 3. The number of nitrogens with one attached hydrogen (secondary N) is 1. The Labute approximate surface area is 76.5 Å². The molecule has 0 rings (SSSR count). The van der Waals surface area contributed by atoms with Crippen molar-refractivity contribution in [2.75, 3.05) is 19.6 Å². The van der Waals surface area contributed by atoms with E-state index in [1.807, 2.05) is 0 Å². The molecular weight excluding hydrogens is 182 g/mol. The lowest BCUT2D eigenvalue weighted by atomic mass is 10.4. The SMILES string of the molecule is Cl.[N-]=[N+]=NCCCNC(=O)CN. The van der Waals surface area contributed by atoms with Crippen LogP contribution in [0, 0.1) is 0 Å². The van der Waals surface area contributed by atoms with Gasteiger partial charge in [0.15, 0.2) is 0 Å². The van der Waals surface area contributed by atoms with Gasteiger partial charge in [0.2, 0.25) is 5.91 Å². The van der Waals surface area contributed by atoms with E-state index in [0.29, 0.717) is 19.5 Å². The molecule has 0 aliphatic rings. The number of nitrogens with zero attached hydrogens (tertiary/aromatic N) is 3. The molecule has 0 fully saturated rings. The van der Waals surface area contributed by atoms with E-state index in [1.54, 1.807) is 0 Å². The van der Waals surface area contributed by atoms with Crippen LogP contribution in [0.3, 0.4) is 0 Å². The lowest BCUT2D eigenvalue weighted by Gasteiger charge is -1.99. The zero-order valence-electron chi connectivity index (χ0n) is 6.56. The van der Waals surface area contributed by atoms with Crippen LogP contribution in [0.4, 0.5) is 0 Å². The Morgan fingerprint density at radius 3 is 2.83 bits per heavy atom. The summed E-state index contributed by atoms with van der Waals surface area (Å²) in [6.45, 7) is 0.915. The maximum Gasteiger partial charge on any atom is 0.233 e. The first-order chi connectivity index (χ1) is 5.31. The first-order valence-corrected chi connectivity index (χ1v) is 3.29.